The maximum absolute atomic E-state index is 4.42. The number of fused-ring (bicyclic) bond motifs is 3. The molecule has 98 valence electrons. The molecule has 0 bridgehead atoms. The van der Waals surface area contributed by atoms with Crippen molar-refractivity contribution in [3.05, 3.63) is 29.2 Å². The van der Waals surface area contributed by atoms with Crippen LogP contribution in [0, 0.1) is 0 Å². The van der Waals surface area contributed by atoms with Gasteiger partial charge in [-0.2, -0.15) is 0 Å². The molecular weight excluding hydrogens is 260 g/mol. The van der Waals surface area contributed by atoms with E-state index < -0.39 is 0 Å². The smallest absolute Gasteiger partial charge is 0.280 e. The van der Waals surface area contributed by atoms with E-state index in [0.717, 1.165) is 38.5 Å². The average Bonchev–Trinajstić information content (AvgIpc) is 3.04. The van der Waals surface area contributed by atoms with Crippen molar-refractivity contribution in [3.63, 3.8) is 0 Å². The summed E-state index contributed by atoms with van der Waals surface area (Å²) in [4.78, 5) is 4.42. The number of aliphatic imine (C=N–C) groups is 1. The second kappa shape index (κ2) is 4.52. The number of hydrogen-bond donors (Lipinski definition) is 1. The number of hydrogen-bond acceptors (Lipinski definition) is 5. The lowest BCUT2D eigenvalue weighted by molar-refractivity contribution is 0.611. The van der Waals surface area contributed by atoms with Crippen LogP contribution < -0.4 is 9.62 Å². The molecule has 1 N–H and O–H groups in total. The van der Waals surface area contributed by atoms with Crippen molar-refractivity contribution in [1.29, 1.82) is 0 Å². The highest BCUT2D eigenvalue weighted by Gasteiger charge is 2.31. The minimum Gasteiger partial charge on any atom is -0.314 e. The second-order valence-corrected chi connectivity index (χ2v) is 6.46. The van der Waals surface area contributed by atoms with Crippen LogP contribution in [0.2, 0.25) is 0 Å². The first-order valence-electron chi connectivity index (χ1n) is 6.44. The van der Waals surface area contributed by atoms with E-state index in [4.69, 9.17) is 0 Å². The molecule has 0 radical (unpaired) electrons. The Morgan fingerprint density at radius 2 is 2.16 bits per heavy atom. The van der Waals surface area contributed by atoms with Crippen molar-refractivity contribution < 1.29 is 0 Å². The van der Waals surface area contributed by atoms with Crippen LogP contribution in [0.4, 0.5) is 0 Å². The van der Waals surface area contributed by atoms with Gasteiger partial charge in [0.25, 0.3) is 5.00 Å². The quantitative estimate of drug-likeness (QED) is 0.770. The predicted molar refractivity (Wildman–Crippen MR) is 76.0 cm³/mol. The largest absolute Gasteiger partial charge is 0.314 e. The summed E-state index contributed by atoms with van der Waals surface area (Å²) in [5.41, 5.74) is 1.29. The fourth-order valence-electron chi connectivity index (χ4n) is 2.56. The molecule has 6 nitrogen and oxygen atoms in total. The van der Waals surface area contributed by atoms with Crippen molar-refractivity contribution in [3.8, 4) is 5.00 Å². The van der Waals surface area contributed by atoms with E-state index in [1.54, 1.807) is 6.33 Å². The first kappa shape index (κ1) is 11.3. The molecule has 2 aromatic heterocycles. The fraction of sp³-hybridized carbons (Fsp3) is 0.417. The van der Waals surface area contributed by atoms with Crippen LogP contribution in [0.5, 0.6) is 0 Å². The van der Waals surface area contributed by atoms with Crippen molar-refractivity contribution >= 4 is 16.9 Å². The molecule has 19 heavy (non-hydrogen) atoms. The highest BCUT2D eigenvalue weighted by Crippen LogP contribution is 2.36. The second-order valence-electron chi connectivity index (χ2n) is 4.66. The third kappa shape index (κ3) is 1.81. The minimum atomic E-state index is 0.0142. The lowest BCUT2D eigenvalue weighted by Gasteiger charge is -2.20. The van der Waals surface area contributed by atoms with Crippen LogP contribution in [0.25, 0.3) is 5.00 Å². The van der Waals surface area contributed by atoms with Gasteiger partial charge in [0, 0.05) is 19.2 Å². The summed E-state index contributed by atoms with van der Waals surface area (Å²) in [5, 5.41) is 15.2. The van der Waals surface area contributed by atoms with Gasteiger partial charge in [-0.05, 0) is 0 Å². The van der Waals surface area contributed by atoms with Gasteiger partial charge in [-0.3, -0.25) is 4.99 Å². The normalized spacial score (nSPS) is 19.9. The van der Waals surface area contributed by atoms with E-state index in [2.05, 4.69) is 40.8 Å². The highest BCUT2D eigenvalue weighted by molar-refractivity contribution is 7.34. The van der Waals surface area contributed by atoms with E-state index in [-0.39, 0.29) is 10.7 Å². The summed E-state index contributed by atoms with van der Waals surface area (Å²) in [6, 6.07) is 2.22. The topological polar surface area (TPSA) is 58.3 Å². The van der Waals surface area contributed by atoms with Gasteiger partial charge in [0.2, 0.25) is 0 Å². The zero-order valence-electron chi connectivity index (χ0n) is 10.5. The van der Waals surface area contributed by atoms with Crippen LogP contribution in [0.15, 0.2) is 22.8 Å². The molecular formula is C12H15N6S+. The number of rotatable bonds is 1. The van der Waals surface area contributed by atoms with Crippen molar-refractivity contribution in [1.82, 2.24) is 20.1 Å². The zero-order chi connectivity index (χ0) is 12.7. The van der Waals surface area contributed by atoms with Gasteiger partial charge >= 0.3 is 0 Å². The van der Waals surface area contributed by atoms with Gasteiger partial charge in [-0.15, -0.1) is 14.5 Å². The van der Waals surface area contributed by atoms with Crippen LogP contribution >= 0.6 is 10.7 Å². The highest BCUT2D eigenvalue weighted by atomic mass is 32.2. The average molecular weight is 275 g/mol. The first-order chi connectivity index (χ1) is 9.43. The summed E-state index contributed by atoms with van der Waals surface area (Å²) >= 11 is 0. The molecule has 2 aromatic rings. The van der Waals surface area contributed by atoms with Gasteiger partial charge in [0.05, 0.1) is 42.1 Å². The number of nitrogens with one attached hydrogen (secondary N) is 1. The molecule has 0 aliphatic carbocycles. The van der Waals surface area contributed by atoms with Crippen LogP contribution in [-0.4, -0.2) is 47.2 Å². The van der Waals surface area contributed by atoms with Gasteiger partial charge in [-0.25, -0.2) is 4.57 Å². The van der Waals surface area contributed by atoms with E-state index in [9.17, 15) is 0 Å². The molecule has 4 heterocycles. The van der Waals surface area contributed by atoms with Crippen molar-refractivity contribution in [2.75, 3.05) is 30.5 Å². The Hall–Kier alpha value is -1.57. The zero-order valence-corrected chi connectivity index (χ0v) is 11.3. The van der Waals surface area contributed by atoms with Crippen molar-refractivity contribution in [2.24, 2.45) is 4.99 Å². The number of piperazine rings is 1. The molecule has 2 aliphatic rings. The molecule has 1 fully saturated rings. The summed E-state index contributed by atoms with van der Waals surface area (Å²) in [7, 11) is 0.0142. The molecule has 4 rings (SSSR count). The Bertz CT molecular complexity index is 622. The number of aromatic nitrogens is 3. The molecule has 0 amide bonds. The molecule has 0 spiro atoms. The van der Waals surface area contributed by atoms with Gasteiger partial charge in [-0.1, -0.05) is 0 Å². The van der Waals surface area contributed by atoms with Crippen LogP contribution in [-0.2, 0) is 6.54 Å². The number of thiophene rings is 1. The van der Waals surface area contributed by atoms with E-state index in [1.807, 2.05) is 6.21 Å². The Balaban J connectivity index is 1.84. The molecule has 1 saturated heterocycles. The molecule has 0 saturated carbocycles. The third-order valence-corrected chi connectivity index (χ3v) is 5.66. The Kier molecular flexibility index (Phi) is 2.68. The standard InChI is InChI=1S/C12H15N6S/c1-6-19(17-4-2-13-3-5-17)12-10(1)7-14-8-11-16-15-9-18(11)12/h1,6,8-9,13H,2-5,7H2/q+1. The van der Waals surface area contributed by atoms with Gasteiger partial charge in [0.1, 0.15) is 6.33 Å². The summed E-state index contributed by atoms with van der Waals surface area (Å²) < 4.78 is 4.63. The molecule has 7 heteroatoms. The Labute approximate surface area is 113 Å². The molecule has 1 unspecified atom stereocenters. The van der Waals surface area contributed by atoms with Crippen LogP contribution in [0.1, 0.15) is 11.4 Å². The lowest BCUT2D eigenvalue weighted by atomic mass is 10.3. The Morgan fingerprint density at radius 1 is 1.26 bits per heavy atom. The third-order valence-electron chi connectivity index (χ3n) is 3.49. The SMILES string of the molecule is C1=NCc2cc[s+](N3CCNCC3)c2-n2cnnc21. The summed E-state index contributed by atoms with van der Waals surface area (Å²) in [6.07, 6.45) is 3.62. The maximum atomic E-state index is 4.42. The fourth-order valence-corrected chi connectivity index (χ4v) is 4.71. The summed E-state index contributed by atoms with van der Waals surface area (Å²) in [6.45, 7) is 5.03. The van der Waals surface area contributed by atoms with Gasteiger partial charge < -0.3 is 5.32 Å². The summed E-state index contributed by atoms with van der Waals surface area (Å²) in [5.74, 6) is 0.835. The number of nitrogens with zero attached hydrogens (tertiary/aromatic N) is 5. The van der Waals surface area contributed by atoms with Crippen LogP contribution in [0.3, 0.4) is 0 Å². The van der Waals surface area contributed by atoms with E-state index in [1.165, 1.54) is 10.6 Å². The Morgan fingerprint density at radius 3 is 3.05 bits per heavy atom. The van der Waals surface area contributed by atoms with E-state index >= 15 is 0 Å². The minimum absolute atomic E-state index is 0.0142. The van der Waals surface area contributed by atoms with Crippen molar-refractivity contribution in [2.45, 2.75) is 6.54 Å². The molecule has 1 atom stereocenters. The molecule has 0 aromatic carbocycles. The van der Waals surface area contributed by atoms with Gasteiger partial charge in [0.15, 0.2) is 11.2 Å². The van der Waals surface area contributed by atoms with E-state index in [0.29, 0.717) is 0 Å². The maximum Gasteiger partial charge on any atom is 0.280 e. The molecule has 2 aliphatic heterocycles. The predicted octanol–water partition coefficient (Wildman–Crippen LogP) is 0.490. The lowest BCUT2D eigenvalue weighted by Crippen LogP contribution is -2.43. The monoisotopic (exact) mass is 275 g/mol. The first-order valence-corrected chi connectivity index (χ1v) is 7.68.